The van der Waals surface area contributed by atoms with Crippen LogP contribution in [-0.2, 0) is 0 Å². The highest BCUT2D eigenvalue weighted by Crippen LogP contribution is 2.35. The Hall–Kier alpha value is -6.73. The summed E-state index contributed by atoms with van der Waals surface area (Å²) in [7, 11) is 0. The molecule has 0 aliphatic heterocycles. The van der Waals surface area contributed by atoms with E-state index in [4.69, 9.17) is 24.9 Å². The van der Waals surface area contributed by atoms with Crippen LogP contribution >= 0.6 is 0 Å². The SMILES string of the molecule is C/C=C\C=C/c1nc2c(cc1C)c(-c1cccc(-c3ccc(-c4nc(-c5ccncc5)nc(-c5cccnc5)n4)cc3)c1)nc1ccccc12. The number of rotatable bonds is 7. The molecule has 0 aliphatic rings. The Balaban J connectivity index is 1.19. The van der Waals surface area contributed by atoms with E-state index >= 15 is 0 Å². The number of hydrogen-bond acceptors (Lipinski definition) is 7. The Bertz CT molecular complexity index is 2490. The fraction of sp³-hybridized carbons (Fsp3) is 0.0465. The number of allylic oxidation sites excluding steroid dienone is 3. The summed E-state index contributed by atoms with van der Waals surface area (Å²) in [5, 5.41) is 2.07. The molecule has 7 heteroatoms. The number of benzene rings is 3. The van der Waals surface area contributed by atoms with Gasteiger partial charge in [0, 0.05) is 57.8 Å². The van der Waals surface area contributed by atoms with E-state index in [9.17, 15) is 0 Å². The monoisotopic (exact) mass is 645 g/mol. The first-order valence-electron chi connectivity index (χ1n) is 16.4. The molecule has 7 nitrogen and oxygen atoms in total. The average molecular weight is 646 g/mol. The van der Waals surface area contributed by atoms with E-state index in [0.29, 0.717) is 17.5 Å². The second-order valence-electron chi connectivity index (χ2n) is 11.9. The summed E-state index contributed by atoms with van der Waals surface area (Å²) in [6, 6.07) is 34.9. The van der Waals surface area contributed by atoms with Gasteiger partial charge in [0.05, 0.1) is 22.4 Å². The summed E-state index contributed by atoms with van der Waals surface area (Å²) in [4.78, 5) is 33.2. The average Bonchev–Trinajstić information content (AvgIpc) is 3.18. The predicted octanol–water partition coefficient (Wildman–Crippen LogP) is 9.99. The van der Waals surface area contributed by atoms with Crippen molar-refractivity contribution in [2.24, 2.45) is 0 Å². The van der Waals surface area contributed by atoms with Crippen molar-refractivity contribution in [2.45, 2.75) is 13.8 Å². The minimum atomic E-state index is 0.562. The third kappa shape index (κ3) is 6.04. The van der Waals surface area contributed by atoms with Crippen molar-refractivity contribution in [1.82, 2.24) is 34.9 Å². The summed E-state index contributed by atoms with van der Waals surface area (Å²) < 4.78 is 0. The van der Waals surface area contributed by atoms with Crippen molar-refractivity contribution in [2.75, 3.05) is 0 Å². The molecule has 0 N–H and O–H groups in total. The molecule has 0 spiro atoms. The van der Waals surface area contributed by atoms with Crippen LogP contribution in [0.2, 0.25) is 0 Å². The van der Waals surface area contributed by atoms with Crippen LogP contribution in [0, 0.1) is 6.92 Å². The molecule has 238 valence electrons. The second-order valence-corrected chi connectivity index (χ2v) is 11.9. The number of hydrogen-bond donors (Lipinski definition) is 0. The third-order valence-corrected chi connectivity index (χ3v) is 8.56. The maximum atomic E-state index is 5.17. The Morgan fingerprint density at radius 3 is 1.96 bits per heavy atom. The van der Waals surface area contributed by atoms with Gasteiger partial charge in [-0.2, -0.15) is 0 Å². The molecule has 0 amide bonds. The van der Waals surface area contributed by atoms with Gasteiger partial charge in [-0.05, 0) is 79.1 Å². The van der Waals surface area contributed by atoms with Gasteiger partial charge in [-0.25, -0.2) is 24.9 Å². The van der Waals surface area contributed by atoms with Crippen molar-refractivity contribution in [3.8, 4) is 56.5 Å². The van der Waals surface area contributed by atoms with Gasteiger partial charge in [0.2, 0.25) is 0 Å². The van der Waals surface area contributed by atoms with Crippen molar-refractivity contribution in [1.29, 1.82) is 0 Å². The Labute approximate surface area is 289 Å². The van der Waals surface area contributed by atoms with E-state index < -0.39 is 0 Å². The maximum absolute atomic E-state index is 5.17. The van der Waals surface area contributed by atoms with Gasteiger partial charge < -0.3 is 0 Å². The quantitative estimate of drug-likeness (QED) is 0.126. The Morgan fingerprint density at radius 1 is 0.500 bits per heavy atom. The van der Waals surface area contributed by atoms with Crippen LogP contribution < -0.4 is 0 Å². The van der Waals surface area contributed by atoms with Gasteiger partial charge in [-0.15, -0.1) is 0 Å². The highest BCUT2D eigenvalue weighted by Gasteiger charge is 2.16. The highest BCUT2D eigenvalue weighted by molar-refractivity contribution is 6.09. The molecular weight excluding hydrogens is 615 g/mol. The van der Waals surface area contributed by atoms with Crippen molar-refractivity contribution in [3.05, 3.63) is 157 Å². The summed E-state index contributed by atoms with van der Waals surface area (Å²) in [5.74, 6) is 1.72. The van der Waals surface area contributed by atoms with E-state index in [1.54, 1.807) is 24.8 Å². The number of para-hydroxylation sites is 1. The maximum Gasteiger partial charge on any atom is 0.165 e. The molecular formula is C43H31N7. The molecule has 0 fully saturated rings. The molecule has 0 radical (unpaired) electrons. The van der Waals surface area contributed by atoms with Crippen LogP contribution in [0.3, 0.4) is 0 Å². The van der Waals surface area contributed by atoms with Gasteiger partial charge in [-0.1, -0.05) is 78.9 Å². The first kappa shape index (κ1) is 30.6. The Kier molecular flexibility index (Phi) is 8.21. The second kappa shape index (κ2) is 13.4. The number of fused-ring (bicyclic) bond motifs is 3. The van der Waals surface area contributed by atoms with Crippen molar-refractivity contribution in [3.63, 3.8) is 0 Å². The third-order valence-electron chi connectivity index (χ3n) is 8.56. The van der Waals surface area contributed by atoms with E-state index in [1.165, 1.54) is 0 Å². The van der Waals surface area contributed by atoms with E-state index in [2.05, 4.69) is 89.7 Å². The summed E-state index contributed by atoms with van der Waals surface area (Å²) >= 11 is 0. The number of aryl methyl sites for hydroxylation is 1. The molecule has 0 aliphatic carbocycles. The molecule has 8 rings (SSSR count). The van der Waals surface area contributed by atoms with Gasteiger partial charge in [0.25, 0.3) is 0 Å². The van der Waals surface area contributed by atoms with E-state index in [0.717, 1.165) is 72.1 Å². The molecule has 0 bridgehead atoms. The number of nitrogens with zero attached hydrogens (tertiary/aromatic N) is 7. The van der Waals surface area contributed by atoms with Crippen LogP contribution in [0.1, 0.15) is 18.2 Å². The molecule has 0 atom stereocenters. The molecule has 0 unspecified atom stereocenters. The zero-order valence-electron chi connectivity index (χ0n) is 27.6. The lowest BCUT2D eigenvalue weighted by Crippen LogP contribution is -2.00. The van der Waals surface area contributed by atoms with Gasteiger partial charge in [0.1, 0.15) is 0 Å². The van der Waals surface area contributed by atoms with Crippen LogP contribution in [0.5, 0.6) is 0 Å². The fourth-order valence-corrected chi connectivity index (χ4v) is 6.03. The molecule has 0 saturated carbocycles. The largest absolute Gasteiger partial charge is 0.265 e. The van der Waals surface area contributed by atoms with Crippen LogP contribution in [0.15, 0.2) is 146 Å². The molecule has 5 heterocycles. The minimum Gasteiger partial charge on any atom is -0.265 e. The zero-order valence-corrected chi connectivity index (χ0v) is 27.6. The van der Waals surface area contributed by atoms with Crippen LogP contribution in [-0.4, -0.2) is 34.9 Å². The lowest BCUT2D eigenvalue weighted by molar-refractivity contribution is 1.07. The van der Waals surface area contributed by atoms with Crippen molar-refractivity contribution < 1.29 is 0 Å². The van der Waals surface area contributed by atoms with Gasteiger partial charge in [0.15, 0.2) is 17.5 Å². The normalized spacial score (nSPS) is 11.6. The summed E-state index contributed by atoms with van der Waals surface area (Å²) in [6.07, 6.45) is 15.1. The minimum absolute atomic E-state index is 0.562. The smallest absolute Gasteiger partial charge is 0.165 e. The Morgan fingerprint density at radius 2 is 1.20 bits per heavy atom. The van der Waals surface area contributed by atoms with E-state index in [-0.39, 0.29) is 0 Å². The lowest BCUT2D eigenvalue weighted by Gasteiger charge is -2.13. The zero-order chi connectivity index (χ0) is 33.9. The van der Waals surface area contributed by atoms with Crippen molar-refractivity contribution >= 4 is 27.9 Å². The van der Waals surface area contributed by atoms with Crippen LogP contribution in [0.25, 0.3) is 84.4 Å². The van der Waals surface area contributed by atoms with E-state index in [1.807, 2.05) is 61.5 Å². The molecule has 0 saturated heterocycles. The fourth-order valence-electron chi connectivity index (χ4n) is 6.03. The highest BCUT2D eigenvalue weighted by atomic mass is 15.0. The number of aromatic nitrogens is 7. The van der Waals surface area contributed by atoms with Crippen LogP contribution in [0.4, 0.5) is 0 Å². The molecule has 5 aromatic heterocycles. The lowest BCUT2D eigenvalue weighted by atomic mass is 9.97. The number of pyridine rings is 4. The topological polar surface area (TPSA) is 90.2 Å². The first-order valence-corrected chi connectivity index (χ1v) is 16.4. The molecule has 8 aromatic rings. The molecule has 50 heavy (non-hydrogen) atoms. The summed E-state index contributed by atoms with van der Waals surface area (Å²) in [5.41, 5.74) is 10.6. The summed E-state index contributed by atoms with van der Waals surface area (Å²) in [6.45, 7) is 4.11. The standard InChI is InChI=1S/C43H31N7/c1-3-4-5-14-37-28(2)25-36-39(47-38-15-7-6-13-35(38)40(36)46-37)33-11-8-10-32(26-33)29-16-18-30(19-17-29)41-48-42(31-20-23-44-24-21-31)50-43(49-41)34-12-9-22-45-27-34/h3-27H,1-2H3/b4-3-,14-5-. The first-order chi connectivity index (χ1) is 24.6. The van der Waals surface area contributed by atoms with Gasteiger partial charge >= 0.3 is 0 Å². The predicted molar refractivity (Wildman–Crippen MR) is 202 cm³/mol. The molecule has 3 aromatic carbocycles. The van der Waals surface area contributed by atoms with Gasteiger partial charge in [-0.3, -0.25) is 9.97 Å².